The Morgan fingerprint density at radius 1 is 1.25 bits per heavy atom. The van der Waals surface area contributed by atoms with Crippen molar-refractivity contribution in [2.75, 3.05) is 6.54 Å². The number of carboxylic acids is 1. The van der Waals surface area contributed by atoms with Crippen LogP contribution < -0.4 is 5.32 Å². The minimum atomic E-state index is -1.01. The number of rotatable bonds is 5. The third-order valence-electron chi connectivity index (χ3n) is 2.83. The number of hydrogen-bond acceptors (Lipinski definition) is 4. The van der Waals surface area contributed by atoms with Crippen LogP contribution >= 0.6 is 0 Å². The minimum Gasteiger partial charge on any atom is -0.478 e. The molecular weight excluding hydrogens is 260 g/mol. The minimum absolute atomic E-state index is 0.153. The summed E-state index contributed by atoms with van der Waals surface area (Å²) in [5, 5.41) is 19.2. The van der Waals surface area contributed by atoms with Gasteiger partial charge >= 0.3 is 5.97 Å². The number of aryl methyl sites for hydroxylation is 1. The van der Waals surface area contributed by atoms with Gasteiger partial charge in [0.1, 0.15) is 12.2 Å². The number of nitrogens with one attached hydrogen (secondary N) is 1. The average molecular weight is 274 g/mol. The van der Waals surface area contributed by atoms with Gasteiger partial charge in [-0.1, -0.05) is 0 Å². The highest BCUT2D eigenvalue weighted by Crippen LogP contribution is 2.04. The van der Waals surface area contributed by atoms with Crippen LogP contribution in [0.2, 0.25) is 0 Å². The van der Waals surface area contributed by atoms with Gasteiger partial charge in [-0.15, -0.1) is 10.2 Å². The smallest absolute Gasteiger partial charge is 0.335 e. The molecule has 1 heterocycles. The molecule has 0 atom stereocenters. The second-order valence-electron chi connectivity index (χ2n) is 4.25. The molecule has 0 saturated carbocycles. The van der Waals surface area contributed by atoms with Crippen LogP contribution in [0.25, 0.3) is 0 Å². The number of amides is 1. The highest BCUT2D eigenvalue weighted by molar-refractivity contribution is 5.95. The van der Waals surface area contributed by atoms with Gasteiger partial charge in [0.25, 0.3) is 5.91 Å². The Hall–Kier alpha value is -2.70. The summed E-state index contributed by atoms with van der Waals surface area (Å²) in [4.78, 5) is 22.5. The van der Waals surface area contributed by atoms with Crippen molar-refractivity contribution >= 4 is 11.9 Å². The molecule has 0 fully saturated rings. The molecule has 0 bridgehead atoms. The van der Waals surface area contributed by atoms with E-state index in [1.54, 1.807) is 10.9 Å². The van der Waals surface area contributed by atoms with Crippen molar-refractivity contribution in [3.05, 3.63) is 47.5 Å². The van der Waals surface area contributed by atoms with Crippen molar-refractivity contribution in [2.45, 2.75) is 6.42 Å². The van der Waals surface area contributed by atoms with Gasteiger partial charge in [-0.05, 0) is 24.3 Å². The van der Waals surface area contributed by atoms with E-state index in [0.29, 0.717) is 18.5 Å². The van der Waals surface area contributed by atoms with E-state index in [1.165, 1.54) is 24.3 Å². The van der Waals surface area contributed by atoms with Crippen molar-refractivity contribution in [3.63, 3.8) is 0 Å². The van der Waals surface area contributed by atoms with E-state index in [9.17, 15) is 9.59 Å². The molecular formula is C13H14N4O3. The highest BCUT2D eigenvalue weighted by atomic mass is 16.4. The van der Waals surface area contributed by atoms with Crippen LogP contribution in [0.4, 0.5) is 0 Å². The van der Waals surface area contributed by atoms with Crippen LogP contribution in [-0.4, -0.2) is 38.3 Å². The third-order valence-corrected chi connectivity index (χ3v) is 2.83. The first kappa shape index (κ1) is 13.7. The SMILES string of the molecule is Cn1cnnc1CCNC(=O)c1ccc(C(=O)O)cc1. The molecule has 104 valence electrons. The zero-order valence-electron chi connectivity index (χ0n) is 10.9. The van der Waals surface area contributed by atoms with Gasteiger partial charge < -0.3 is 15.0 Å². The van der Waals surface area contributed by atoms with Crippen molar-refractivity contribution < 1.29 is 14.7 Å². The second-order valence-corrected chi connectivity index (χ2v) is 4.25. The maximum Gasteiger partial charge on any atom is 0.335 e. The van der Waals surface area contributed by atoms with Crippen molar-refractivity contribution in [2.24, 2.45) is 7.05 Å². The van der Waals surface area contributed by atoms with E-state index >= 15 is 0 Å². The molecule has 2 rings (SSSR count). The number of carboxylic acid groups (broad SMARTS) is 1. The van der Waals surface area contributed by atoms with E-state index < -0.39 is 5.97 Å². The molecule has 0 unspecified atom stereocenters. The first-order valence-electron chi connectivity index (χ1n) is 6.02. The molecule has 1 aromatic heterocycles. The Morgan fingerprint density at radius 2 is 1.90 bits per heavy atom. The maximum absolute atomic E-state index is 11.8. The number of carbonyl (C=O) groups excluding carboxylic acids is 1. The lowest BCUT2D eigenvalue weighted by molar-refractivity contribution is 0.0696. The van der Waals surface area contributed by atoms with E-state index in [2.05, 4.69) is 15.5 Å². The van der Waals surface area contributed by atoms with E-state index in [0.717, 1.165) is 5.82 Å². The van der Waals surface area contributed by atoms with Gasteiger partial charge in [-0.3, -0.25) is 4.79 Å². The predicted molar refractivity (Wildman–Crippen MR) is 70.4 cm³/mol. The monoisotopic (exact) mass is 274 g/mol. The molecule has 0 saturated heterocycles. The number of hydrogen-bond donors (Lipinski definition) is 2. The predicted octanol–water partition coefficient (Wildman–Crippen LogP) is 0.486. The van der Waals surface area contributed by atoms with Crippen LogP contribution in [0.15, 0.2) is 30.6 Å². The number of aromatic nitrogens is 3. The Balaban J connectivity index is 1.88. The maximum atomic E-state index is 11.8. The number of benzene rings is 1. The topological polar surface area (TPSA) is 97.1 Å². The van der Waals surface area contributed by atoms with Crippen LogP contribution in [0.1, 0.15) is 26.5 Å². The fourth-order valence-electron chi connectivity index (χ4n) is 1.69. The summed E-state index contributed by atoms with van der Waals surface area (Å²) in [7, 11) is 1.84. The summed E-state index contributed by atoms with van der Waals surface area (Å²) in [5.74, 6) is -0.477. The Kier molecular flexibility index (Phi) is 4.09. The number of carbonyl (C=O) groups is 2. The summed E-state index contributed by atoms with van der Waals surface area (Å²) >= 11 is 0. The fraction of sp³-hybridized carbons (Fsp3) is 0.231. The second kappa shape index (κ2) is 5.96. The molecule has 2 N–H and O–H groups in total. The highest BCUT2D eigenvalue weighted by Gasteiger charge is 2.08. The van der Waals surface area contributed by atoms with Crippen LogP contribution in [0.3, 0.4) is 0 Å². The molecule has 0 spiro atoms. The number of aromatic carboxylic acids is 1. The molecule has 0 radical (unpaired) electrons. The van der Waals surface area contributed by atoms with Gasteiger partial charge in [0.05, 0.1) is 5.56 Å². The first-order chi connectivity index (χ1) is 9.58. The summed E-state index contributed by atoms with van der Waals surface area (Å²) in [5.41, 5.74) is 0.577. The number of nitrogens with zero attached hydrogens (tertiary/aromatic N) is 3. The molecule has 0 aliphatic carbocycles. The lowest BCUT2D eigenvalue weighted by atomic mass is 10.1. The molecule has 2 aromatic rings. The van der Waals surface area contributed by atoms with E-state index in [4.69, 9.17) is 5.11 Å². The molecule has 20 heavy (non-hydrogen) atoms. The summed E-state index contributed by atoms with van der Waals surface area (Å²) in [6.07, 6.45) is 2.18. The Bertz CT molecular complexity index is 619. The lowest BCUT2D eigenvalue weighted by Crippen LogP contribution is -2.26. The van der Waals surface area contributed by atoms with Crippen molar-refractivity contribution in [1.82, 2.24) is 20.1 Å². The van der Waals surface area contributed by atoms with Crippen LogP contribution in [-0.2, 0) is 13.5 Å². The average Bonchev–Trinajstić information content (AvgIpc) is 2.84. The standard InChI is InChI=1S/C13H14N4O3/c1-17-8-15-16-11(17)6-7-14-12(18)9-2-4-10(5-3-9)13(19)20/h2-5,8H,6-7H2,1H3,(H,14,18)(H,19,20). The molecule has 0 aliphatic rings. The normalized spacial score (nSPS) is 10.2. The van der Waals surface area contributed by atoms with E-state index in [-0.39, 0.29) is 11.5 Å². The van der Waals surface area contributed by atoms with Crippen LogP contribution in [0, 0.1) is 0 Å². The van der Waals surface area contributed by atoms with Crippen molar-refractivity contribution in [3.8, 4) is 0 Å². The lowest BCUT2D eigenvalue weighted by Gasteiger charge is -2.05. The molecule has 7 nitrogen and oxygen atoms in total. The Morgan fingerprint density at radius 3 is 2.45 bits per heavy atom. The molecule has 7 heteroatoms. The first-order valence-corrected chi connectivity index (χ1v) is 6.02. The molecule has 1 aromatic carbocycles. The summed E-state index contributed by atoms with van der Waals surface area (Å²) in [6, 6.07) is 5.78. The fourth-order valence-corrected chi connectivity index (χ4v) is 1.69. The van der Waals surface area contributed by atoms with Crippen molar-refractivity contribution in [1.29, 1.82) is 0 Å². The zero-order chi connectivity index (χ0) is 14.5. The molecule has 0 aliphatic heterocycles. The van der Waals surface area contributed by atoms with Gasteiger partial charge in [0.2, 0.25) is 0 Å². The molecule has 1 amide bonds. The van der Waals surface area contributed by atoms with Gasteiger partial charge in [0.15, 0.2) is 0 Å². The summed E-state index contributed by atoms with van der Waals surface area (Å²) in [6.45, 7) is 0.437. The van der Waals surface area contributed by atoms with Gasteiger partial charge in [-0.25, -0.2) is 4.79 Å². The van der Waals surface area contributed by atoms with E-state index in [1.807, 2.05) is 7.05 Å². The quantitative estimate of drug-likeness (QED) is 0.826. The largest absolute Gasteiger partial charge is 0.478 e. The zero-order valence-corrected chi connectivity index (χ0v) is 10.9. The van der Waals surface area contributed by atoms with Crippen LogP contribution in [0.5, 0.6) is 0 Å². The van der Waals surface area contributed by atoms with Gasteiger partial charge in [0, 0.05) is 25.6 Å². The Labute approximate surface area is 115 Å². The third kappa shape index (κ3) is 3.19. The summed E-state index contributed by atoms with van der Waals surface area (Å²) < 4.78 is 1.79. The van der Waals surface area contributed by atoms with Gasteiger partial charge in [-0.2, -0.15) is 0 Å².